The van der Waals surface area contributed by atoms with Crippen molar-refractivity contribution in [2.24, 2.45) is 12.8 Å². The number of benzene rings is 1. The van der Waals surface area contributed by atoms with E-state index >= 15 is 0 Å². The van der Waals surface area contributed by atoms with E-state index in [-0.39, 0.29) is 6.42 Å². The number of carboxylic acids is 1. The fraction of sp³-hybridized carbons (Fsp3) is 0.429. The van der Waals surface area contributed by atoms with E-state index in [0.29, 0.717) is 12.6 Å². The number of hydrogen-bond acceptors (Lipinski definition) is 4. The molecule has 0 saturated heterocycles. The largest absolute Gasteiger partial charge is 0.480 e. The zero-order valence-corrected chi connectivity index (χ0v) is 11.9. The molecule has 0 aliphatic carbocycles. The number of rotatable bonds is 5. The van der Waals surface area contributed by atoms with Gasteiger partial charge in [-0.05, 0) is 31.5 Å². The quantitative estimate of drug-likeness (QED) is 0.860. The molecule has 0 fully saturated rings. The van der Waals surface area contributed by atoms with Crippen LogP contribution in [0.15, 0.2) is 18.2 Å². The molecule has 6 nitrogen and oxygen atoms in total. The van der Waals surface area contributed by atoms with Crippen molar-refractivity contribution < 1.29 is 14.6 Å². The molecule has 6 heteroatoms. The van der Waals surface area contributed by atoms with Crippen LogP contribution in [-0.4, -0.2) is 32.8 Å². The lowest BCUT2D eigenvalue weighted by Crippen LogP contribution is -2.46. The molecule has 0 aliphatic heterocycles. The summed E-state index contributed by atoms with van der Waals surface area (Å²) in [5.74, 6) is -1.02. The molecule has 1 atom stereocenters. The zero-order valence-electron chi connectivity index (χ0n) is 11.9. The van der Waals surface area contributed by atoms with Gasteiger partial charge in [-0.25, -0.2) is 0 Å². The molecule has 1 aromatic carbocycles. The first kappa shape index (κ1) is 14.3. The van der Waals surface area contributed by atoms with Gasteiger partial charge in [-0.3, -0.25) is 9.36 Å². The molecule has 108 valence electrons. The van der Waals surface area contributed by atoms with Crippen LogP contribution in [0.4, 0.5) is 0 Å². The number of fused-ring (bicyclic) bond motifs is 1. The van der Waals surface area contributed by atoms with Crippen LogP contribution >= 0.6 is 0 Å². The van der Waals surface area contributed by atoms with Gasteiger partial charge in [0.05, 0.1) is 17.6 Å². The number of nitrogens with zero attached hydrogens (tertiary/aromatic N) is 2. The van der Waals surface area contributed by atoms with Gasteiger partial charge in [-0.15, -0.1) is 0 Å². The smallest absolute Gasteiger partial charge is 0.323 e. The molecule has 0 radical (unpaired) electrons. The summed E-state index contributed by atoms with van der Waals surface area (Å²) in [4.78, 5) is 15.5. The van der Waals surface area contributed by atoms with Crippen molar-refractivity contribution in [3.05, 3.63) is 23.8 Å². The number of hydrogen-bond donors (Lipinski definition) is 2. The van der Waals surface area contributed by atoms with E-state index in [2.05, 4.69) is 4.98 Å². The lowest BCUT2D eigenvalue weighted by molar-refractivity contribution is -0.142. The highest BCUT2D eigenvalue weighted by Gasteiger charge is 2.28. The minimum absolute atomic E-state index is 0.257. The first-order chi connectivity index (χ1) is 9.35. The Bertz CT molecular complexity index is 646. The lowest BCUT2D eigenvalue weighted by Gasteiger charge is -2.19. The summed E-state index contributed by atoms with van der Waals surface area (Å²) >= 11 is 0. The molecular weight excluding hydrogens is 258 g/mol. The second-order valence-electron chi connectivity index (χ2n) is 5.11. The van der Waals surface area contributed by atoms with Gasteiger partial charge < -0.3 is 15.6 Å². The van der Waals surface area contributed by atoms with Crippen molar-refractivity contribution in [3.8, 4) is 6.01 Å². The Morgan fingerprint density at radius 2 is 2.25 bits per heavy atom. The minimum atomic E-state index is -1.28. The highest BCUT2D eigenvalue weighted by Crippen LogP contribution is 2.22. The van der Waals surface area contributed by atoms with Crippen molar-refractivity contribution in [3.63, 3.8) is 0 Å². The molecule has 1 heterocycles. The maximum atomic E-state index is 11.1. The summed E-state index contributed by atoms with van der Waals surface area (Å²) in [5.41, 5.74) is 7.06. The Kier molecular flexibility index (Phi) is 3.67. The van der Waals surface area contributed by atoms with Gasteiger partial charge in [-0.2, -0.15) is 4.98 Å². The van der Waals surface area contributed by atoms with E-state index < -0.39 is 11.5 Å². The summed E-state index contributed by atoms with van der Waals surface area (Å²) < 4.78 is 7.28. The standard InChI is InChI=1S/C14H19N3O3/c1-4-20-13-16-10-6-5-9(7-11(10)17(13)3)8-14(2,15)12(18)19/h5-7H,4,8,15H2,1-3H3,(H,18,19). The van der Waals surface area contributed by atoms with Crippen LogP contribution in [-0.2, 0) is 18.3 Å². The van der Waals surface area contributed by atoms with Gasteiger partial charge in [0.1, 0.15) is 5.54 Å². The van der Waals surface area contributed by atoms with Crippen molar-refractivity contribution >= 4 is 17.0 Å². The molecule has 0 spiro atoms. The fourth-order valence-electron chi connectivity index (χ4n) is 2.08. The first-order valence-electron chi connectivity index (χ1n) is 6.45. The topological polar surface area (TPSA) is 90.4 Å². The molecule has 0 saturated carbocycles. The third kappa shape index (κ3) is 2.60. The Morgan fingerprint density at radius 1 is 1.55 bits per heavy atom. The van der Waals surface area contributed by atoms with Crippen LogP contribution in [0.1, 0.15) is 19.4 Å². The number of imidazole rings is 1. The minimum Gasteiger partial charge on any atom is -0.480 e. The molecule has 1 unspecified atom stereocenters. The van der Waals surface area contributed by atoms with Crippen molar-refractivity contribution in [1.82, 2.24) is 9.55 Å². The van der Waals surface area contributed by atoms with Crippen LogP contribution in [0.2, 0.25) is 0 Å². The molecule has 0 bridgehead atoms. The van der Waals surface area contributed by atoms with Gasteiger partial charge in [0.2, 0.25) is 0 Å². The van der Waals surface area contributed by atoms with E-state index in [1.165, 1.54) is 6.92 Å². The maximum Gasteiger partial charge on any atom is 0.323 e. The molecule has 2 aromatic rings. The normalized spacial score (nSPS) is 14.2. The number of nitrogens with two attached hydrogens (primary N) is 1. The van der Waals surface area contributed by atoms with Gasteiger partial charge in [0.25, 0.3) is 6.01 Å². The summed E-state index contributed by atoms with van der Waals surface area (Å²) in [6.07, 6.45) is 0.257. The van der Waals surface area contributed by atoms with E-state index in [1.807, 2.05) is 36.7 Å². The summed E-state index contributed by atoms with van der Waals surface area (Å²) in [7, 11) is 1.86. The molecule has 20 heavy (non-hydrogen) atoms. The SMILES string of the molecule is CCOc1nc2ccc(CC(C)(N)C(=O)O)cc2n1C. The molecular formula is C14H19N3O3. The van der Waals surface area contributed by atoms with Crippen molar-refractivity contribution in [1.29, 1.82) is 0 Å². The fourth-order valence-corrected chi connectivity index (χ4v) is 2.08. The predicted molar refractivity (Wildman–Crippen MR) is 75.8 cm³/mol. The summed E-state index contributed by atoms with van der Waals surface area (Å²) in [5, 5.41) is 9.08. The van der Waals surface area contributed by atoms with Gasteiger partial charge in [0, 0.05) is 13.5 Å². The van der Waals surface area contributed by atoms with Gasteiger partial charge in [-0.1, -0.05) is 6.07 Å². The monoisotopic (exact) mass is 277 g/mol. The second-order valence-corrected chi connectivity index (χ2v) is 5.11. The van der Waals surface area contributed by atoms with E-state index in [0.717, 1.165) is 16.6 Å². The number of ether oxygens (including phenoxy) is 1. The number of carbonyl (C=O) groups is 1. The van der Waals surface area contributed by atoms with Crippen LogP contribution in [0.3, 0.4) is 0 Å². The molecule has 0 aliphatic rings. The van der Waals surface area contributed by atoms with Crippen molar-refractivity contribution in [2.75, 3.05) is 6.61 Å². The third-order valence-corrected chi connectivity index (χ3v) is 3.24. The summed E-state index contributed by atoms with van der Waals surface area (Å²) in [6, 6.07) is 6.15. The molecule has 2 rings (SSSR count). The van der Waals surface area contributed by atoms with E-state index in [4.69, 9.17) is 15.6 Å². The molecule has 1 aromatic heterocycles. The van der Waals surface area contributed by atoms with E-state index in [9.17, 15) is 4.79 Å². The molecule has 0 amide bonds. The Labute approximate surface area is 117 Å². The number of aromatic nitrogens is 2. The maximum absolute atomic E-state index is 11.1. The van der Waals surface area contributed by atoms with Gasteiger partial charge >= 0.3 is 5.97 Å². The highest BCUT2D eigenvalue weighted by molar-refractivity contribution is 5.80. The first-order valence-corrected chi connectivity index (χ1v) is 6.45. The van der Waals surface area contributed by atoms with Gasteiger partial charge in [0.15, 0.2) is 0 Å². The average Bonchev–Trinajstić information content (AvgIpc) is 2.67. The number of carboxylic acid groups (broad SMARTS) is 1. The third-order valence-electron chi connectivity index (χ3n) is 3.24. The van der Waals surface area contributed by atoms with Crippen LogP contribution in [0.5, 0.6) is 6.01 Å². The van der Waals surface area contributed by atoms with Crippen LogP contribution in [0.25, 0.3) is 11.0 Å². The van der Waals surface area contributed by atoms with Crippen molar-refractivity contribution in [2.45, 2.75) is 25.8 Å². The molecule has 3 N–H and O–H groups in total. The Morgan fingerprint density at radius 3 is 2.85 bits per heavy atom. The highest BCUT2D eigenvalue weighted by atomic mass is 16.5. The Balaban J connectivity index is 2.38. The number of aliphatic carboxylic acids is 1. The van der Waals surface area contributed by atoms with Crippen LogP contribution < -0.4 is 10.5 Å². The lowest BCUT2D eigenvalue weighted by atomic mass is 9.94. The number of aryl methyl sites for hydroxylation is 1. The van der Waals surface area contributed by atoms with E-state index in [1.54, 1.807) is 0 Å². The summed E-state index contributed by atoms with van der Waals surface area (Å²) in [6.45, 7) is 3.95. The predicted octanol–water partition coefficient (Wildman–Crippen LogP) is 1.32. The zero-order chi connectivity index (χ0) is 14.9. The average molecular weight is 277 g/mol. The Hall–Kier alpha value is -2.08. The van der Waals surface area contributed by atoms with Crippen LogP contribution in [0, 0.1) is 0 Å². The second kappa shape index (κ2) is 5.13.